The van der Waals surface area contributed by atoms with Gasteiger partial charge in [-0.2, -0.15) is 0 Å². The minimum atomic E-state index is 0.849. The lowest BCUT2D eigenvalue weighted by Gasteiger charge is -2.14. The Hall–Kier alpha value is -4.50. The first-order valence-corrected chi connectivity index (χ1v) is 11.1. The van der Waals surface area contributed by atoms with Gasteiger partial charge < -0.3 is 0 Å². The lowest BCUT2D eigenvalue weighted by atomic mass is 10.0. The first-order chi connectivity index (χ1) is 16.4. The van der Waals surface area contributed by atoms with Crippen LogP contribution < -0.4 is 0 Å². The molecule has 0 aliphatic rings. The first kappa shape index (κ1) is 18.1. The second-order valence-electron chi connectivity index (χ2n) is 8.32. The van der Waals surface area contributed by atoms with E-state index >= 15 is 0 Å². The summed E-state index contributed by atoms with van der Waals surface area (Å²) in [6, 6.07) is 40.1. The maximum Gasteiger partial charge on any atom is 0.165 e. The van der Waals surface area contributed by atoms with E-state index in [1.54, 1.807) is 0 Å². The summed E-state index contributed by atoms with van der Waals surface area (Å²) in [5.74, 6) is 0.849. The second-order valence-corrected chi connectivity index (χ2v) is 8.32. The Morgan fingerprint density at radius 2 is 1.06 bits per heavy atom. The van der Waals surface area contributed by atoms with Crippen LogP contribution in [0.4, 0.5) is 0 Å². The number of benzene rings is 5. The van der Waals surface area contributed by atoms with Gasteiger partial charge in [-0.1, -0.05) is 84.9 Å². The van der Waals surface area contributed by atoms with Gasteiger partial charge in [0.15, 0.2) is 5.82 Å². The Morgan fingerprint density at radius 3 is 1.79 bits per heavy atom. The molecule has 0 fully saturated rings. The van der Waals surface area contributed by atoms with Crippen LogP contribution in [0.2, 0.25) is 0 Å². The van der Waals surface area contributed by atoms with Crippen LogP contribution in [0.3, 0.4) is 0 Å². The summed E-state index contributed by atoms with van der Waals surface area (Å²) in [6.45, 7) is 0. The average molecular weight is 422 g/mol. The fraction of sp³-hybridized carbons (Fsp3) is 0. The molecule has 0 bridgehead atoms. The molecule has 33 heavy (non-hydrogen) atoms. The number of nitrogens with zero attached hydrogens (tertiary/aromatic N) is 3. The lowest BCUT2D eigenvalue weighted by Crippen LogP contribution is -2.03. The summed E-state index contributed by atoms with van der Waals surface area (Å²) in [7, 11) is 0. The topological polar surface area (TPSA) is 30.7 Å². The standard InChI is InChI=1S/C30H19N3/c1-2-10-21-19-22(18-17-20(21)9-1)29-30(32-26-14-6-5-13-25(26)31-29)33-27-15-7-3-11-23(27)24-12-4-8-16-28(24)33/h1-19H. The van der Waals surface area contributed by atoms with Crippen LogP contribution >= 0.6 is 0 Å². The summed E-state index contributed by atoms with van der Waals surface area (Å²) < 4.78 is 2.26. The van der Waals surface area contributed by atoms with Gasteiger partial charge in [0.25, 0.3) is 0 Å². The van der Waals surface area contributed by atoms with E-state index in [0.717, 1.165) is 39.1 Å². The van der Waals surface area contributed by atoms with Gasteiger partial charge in [0.1, 0.15) is 5.69 Å². The Balaban J connectivity index is 1.63. The SMILES string of the molecule is c1ccc2cc(-c3nc4ccccc4nc3-n3c4ccccc4c4ccccc43)ccc2c1. The van der Waals surface area contributed by atoms with Gasteiger partial charge in [-0.15, -0.1) is 0 Å². The number of fused-ring (bicyclic) bond motifs is 5. The van der Waals surface area contributed by atoms with Crippen molar-refractivity contribution in [3.05, 3.63) is 115 Å². The smallest absolute Gasteiger partial charge is 0.165 e. The molecule has 0 aliphatic heterocycles. The summed E-state index contributed by atoms with van der Waals surface area (Å²) in [6.07, 6.45) is 0. The average Bonchev–Trinajstić information content (AvgIpc) is 3.22. The van der Waals surface area contributed by atoms with E-state index in [0.29, 0.717) is 0 Å². The van der Waals surface area contributed by atoms with Gasteiger partial charge in [0.2, 0.25) is 0 Å². The van der Waals surface area contributed by atoms with Crippen LogP contribution in [-0.2, 0) is 0 Å². The number of aromatic nitrogens is 3. The molecule has 7 rings (SSSR count). The predicted octanol–water partition coefficient (Wildman–Crippen LogP) is 7.55. The van der Waals surface area contributed by atoms with Crippen molar-refractivity contribution in [3.63, 3.8) is 0 Å². The first-order valence-electron chi connectivity index (χ1n) is 11.1. The minimum Gasteiger partial charge on any atom is -0.292 e. The quantitative estimate of drug-likeness (QED) is 0.289. The van der Waals surface area contributed by atoms with Crippen molar-refractivity contribution in [2.45, 2.75) is 0 Å². The van der Waals surface area contributed by atoms with Crippen LogP contribution in [0, 0.1) is 0 Å². The highest BCUT2D eigenvalue weighted by atomic mass is 15.1. The molecule has 154 valence electrons. The zero-order valence-electron chi connectivity index (χ0n) is 17.8. The molecule has 0 atom stereocenters. The highest BCUT2D eigenvalue weighted by Gasteiger charge is 2.18. The van der Waals surface area contributed by atoms with Crippen molar-refractivity contribution >= 4 is 43.6 Å². The third kappa shape index (κ3) is 2.76. The molecule has 0 saturated carbocycles. The van der Waals surface area contributed by atoms with Gasteiger partial charge in [-0.25, -0.2) is 9.97 Å². The van der Waals surface area contributed by atoms with Crippen LogP contribution in [-0.4, -0.2) is 14.5 Å². The fourth-order valence-electron chi connectivity index (χ4n) is 4.83. The molecular weight excluding hydrogens is 402 g/mol. The van der Waals surface area contributed by atoms with E-state index in [2.05, 4.69) is 95.6 Å². The third-order valence-electron chi connectivity index (χ3n) is 6.37. The van der Waals surface area contributed by atoms with Crippen LogP contribution in [0.15, 0.2) is 115 Å². The molecule has 0 unspecified atom stereocenters. The van der Waals surface area contributed by atoms with Gasteiger partial charge in [0.05, 0.1) is 22.1 Å². The summed E-state index contributed by atoms with van der Waals surface area (Å²) in [4.78, 5) is 10.3. The Kier molecular flexibility index (Phi) is 3.84. The van der Waals surface area contributed by atoms with Gasteiger partial charge in [0, 0.05) is 16.3 Å². The minimum absolute atomic E-state index is 0.849. The lowest BCUT2D eigenvalue weighted by molar-refractivity contribution is 1.08. The van der Waals surface area contributed by atoms with Crippen molar-refractivity contribution in [3.8, 4) is 17.1 Å². The second kappa shape index (κ2) is 7.01. The van der Waals surface area contributed by atoms with E-state index in [9.17, 15) is 0 Å². The number of para-hydroxylation sites is 4. The molecule has 0 amide bonds. The third-order valence-corrected chi connectivity index (χ3v) is 6.37. The van der Waals surface area contributed by atoms with Crippen molar-refractivity contribution < 1.29 is 0 Å². The maximum atomic E-state index is 5.17. The number of rotatable bonds is 2. The maximum absolute atomic E-state index is 5.17. The van der Waals surface area contributed by atoms with Crippen LogP contribution in [0.25, 0.3) is 60.7 Å². The van der Waals surface area contributed by atoms with Crippen LogP contribution in [0.1, 0.15) is 0 Å². The molecule has 0 N–H and O–H groups in total. The normalized spacial score (nSPS) is 11.6. The Bertz CT molecular complexity index is 1770. The van der Waals surface area contributed by atoms with Crippen molar-refractivity contribution in [2.75, 3.05) is 0 Å². The van der Waals surface area contributed by atoms with E-state index in [1.807, 2.05) is 24.3 Å². The zero-order chi connectivity index (χ0) is 21.8. The molecule has 2 heterocycles. The fourth-order valence-corrected chi connectivity index (χ4v) is 4.83. The summed E-state index contributed by atoms with van der Waals surface area (Å²) >= 11 is 0. The number of hydrogen-bond acceptors (Lipinski definition) is 2. The van der Waals surface area contributed by atoms with Crippen LogP contribution in [0.5, 0.6) is 0 Å². The molecule has 0 spiro atoms. The van der Waals surface area contributed by atoms with E-state index < -0.39 is 0 Å². The summed E-state index contributed by atoms with van der Waals surface area (Å²) in [5.41, 5.74) is 5.98. The van der Waals surface area contributed by atoms with Gasteiger partial charge in [-0.05, 0) is 41.1 Å². The zero-order valence-corrected chi connectivity index (χ0v) is 17.8. The molecule has 0 aliphatic carbocycles. The molecule has 0 saturated heterocycles. The molecule has 3 heteroatoms. The van der Waals surface area contributed by atoms with E-state index in [4.69, 9.17) is 9.97 Å². The van der Waals surface area contributed by atoms with E-state index in [1.165, 1.54) is 21.5 Å². The molecule has 2 aromatic heterocycles. The Labute approximate surface area is 190 Å². The van der Waals surface area contributed by atoms with Gasteiger partial charge in [-0.3, -0.25) is 4.57 Å². The highest BCUT2D eigenvalue weighted by Crippen LogP contribution is 2.35. The summed E-state index contributed by atoms with van der Waals surface area (Å²) in [5, 5.41) is 4.84. The predicted molar refractivity (Wildman–Crippen MR) is 137 cm³/mol. The number of hydrogen-bond donors (Lipinski definition) is 0. The molecule has 5 aromatic carbocycles. The van der Waals surface area contributed by atoms with Gasteiger partial charge >= 0.3 is 0 Å². The Morgan fingerprint density at radius 1 is 0.485 bits per heavy atom. The monoisotopic (exact) mass is 421 g/mol. The van der Waals surface area contributed by atoms with Crippen molar-refractivity contribution in [1.82, 2.24) is 14.5 Å². The highest BCUT2D eigenvalue weighted by molar-refractivity contribution is 6.09. The largest absolute Gasteiger partial charge is 0.292 e. The van der Waals surface area contributed by atoms with Crippen molar-refractivity contribution in [1.29, 1.82) is 0 Å². The van der Waals surface area contributed by atoms with E-state index in [-0.39, 0.29) is 0 Å². The molecule has 7 aromatic rings. The molecular formula is C30H19N3. The van der Waals surface area contributed by atoms with Crippen molar-refractivity contribution in [2.24, 2.45) is 0 Å². The molecule has 0 radical (unpaired) electrons. The molecule has 3 nitrogen and oxygen atoms in total.